The highest BCUT2D eigenvalue weighted by molar-refractivity contribution is 7.92. The fourth-order valence-electron chi connectivity index (χ4n) is 3.95. The van der Waals surface area contributed by atoms with E-state index in [9.17, 15) is 22.4 Å². The average Bonchev–Trinajstić information content (AvgIpc) is 2.87. The van der Waals surface area contributed by atoms with Crippen LogP contribution in [0, 0.1) is 12.7 Å². The maximum absolute atomic E-state index is 13.7. The van der Waals surface area contributed by atoms with Crippen molar-refractivity contribution in [2.45, 2.75) is 37.8 Å². The molecule has 0 aliphatic heterocycles. The monoisotopic (exact) mass is 511 g/mol. The summed E-state index contributed by atoms with van der Waals surface area (Å²) in [6, 6.07) is 19.4. The Bertz CT molecular complexity index is 1300. The molecule has 36 heavy (non-hydrogen) atoms. The van der Waals surface area contributed by atoms with Gasteiger partial charge in [-0.3, -0.25) is 13.9 Å². The zero-order chi connectivity index (χ0) is 26.3. The number of anilines is 1. The number of rotatable bonds is 10. The summed E-state index contributed by atoms with van der Waals surface area (Å²) in [5, 5.41) is 2.59. The van der Waals surface area contributed by atoms with E-state index in [-0.39, 0.29) is 23.0 Å². The number of benzene rings is 3. The van der Waals surface area contributed by atoms with Crippen molar-refractivity contribution >= 4 is 27.5 Å². The Morgan fingerprint density at radius 1 is 0.972 bits per heavy atom. The molecule has 1 N–H and O–H groups in total. The third-order valence-electron chi connectivity index (χ3n) is 5.79. The van der Waals surface area contributed by atoms with Gasteiger partial charge in [0, 0.05) is 13.6 Å². The van der Waals surface area contributed by atoms with Gasteiger partial charge in [0.25, 0.3) is 10.0 Å². The molecule has 1 atom stereocenters. The molecule has 3 aromatic carbocycles. The van der Waals surface area contributed by atoms with Crippen LogP contribution in [0.1, 0.15) is 24.5 Å². The van der Waals surface area contributed by atoms with Gasteiger partial charge in [0.1, 0.15) is 18.4 Å². The van der Waals surface area contributed by atoms with E-state index >= 15 is 0 Å². The van der Waals surface area contributed by atoms with Crippen molar-refractivity contribution < 1.29 is 22.4 Å². The Morgan fingerprint density at radius 2 is 1.64 bits per heavy atom. The van der Waals surface area contributed by atoms with Crippen LogP contribution >= 0.6 is 0 Å². The van der Waals surface area contributed by atoms with Gasteiger partial charge in [-0.2, -0.15) is 0 Å². The van der Waals surface area contributed by atoms with Crippen LogP contribution < -0.4 is 9.62 Å². The number of hydrogen-bond donors (Lipinski definition) is 1. The van der Waals surface area contributed by atoms with Gasteiger partial charge < -0.3 is 10.2 Å². The van der Waals surface area contributed by atoms with Crippen molar-refractivity contribution in [3.05, 3.63) is 95.8 Å². The quantitative estimate of drug-likeness (QED) is 0.448. The standard InChI is InChI=1S/C27H30FN3O4S/c1-4-25(27(33)29-3)30(18-21-10-8-9-20(2)17-21)26(32)19-31(23-11-6-5-7-12-23)36(34,35)24-15-13-22(28)14-16-24/h5-17,25H,4,18-19H2,1-3H3,(H,29,33)/t25-/m0/s1. The number of para-hydroxylation sites is 1. The number of amides is 2. The molecule has 0 radical (unpaired) electrons. The third kappa shape index (κ3) is 6.28. The van der Waals surface area contributed by atoms with Gasteiger partial charge in [-0.1, -0.05) is 55.0 Å². The van der Waals surface area contributed by atoms with Gasteiger partial charge in [-0.25, -0.2) is 12.8 Å². The van der Waals surface area contributed by atoms with E-state index in [2.05, 4.69) is 5.32 Å². The molecule has 0 bridgehead atoms. The minimum absolute atomic E-state index is 0.131. The first-order chi connectivity index (χ1) is 17.2. The summed E-state index contributed by atoms with van der Waals surface area (Å²) in [6.07, 6.45) is 0.341. The van der Waals surface area contributed by atoms with Crippen LogP contribution in [0.25, 0.3) is 0 Å². The molecule has 0 heterocycles. The zero-order valence-electron chi connectivity index (χ0n) is 20.5. The topological polar surface area (TPSA) is 86.8 Å². The summed E-state index contributed by atoms with van der Waals surface area (Å²) < 4.78 is 41.6. The van der Waals surface area contributed by atoms with Gasteiger partial charge >= 0.3 is 0 Å². The van der Waals surface area contributed by atoms with E-state index in [4.69, 9.17) is 0 Å². The predicted molar refractivity (Wildman–Crippen MR) is 137 cm³/mol. The molecular formula is C27H30FN3O4S. The van der Waals surface area contributed by atoms with Crippen LogP contribution in [0.5, 0.6) is 0 Å². The van der Waals surface area contributed by atoms with Gasteiger partial charge in [0.05, 0.1) is 10.6 Å². The number of hydrogen-bond acceptors (Lipinski definition) is 4. The first-order valence-corrected chi connectivity index (χ1v) is 13.0. The molecule has 190 valence electrons. The number of aryl methyl sites for hydroxylation is 1. The highest BCUT2D eigenvalue weighted by Crippen LogP contribution is 2.25. The molecule has 0 aromatic heterocycles. The van der Waals surface area contributed by atoms with Crippen molar-refractivity contribution in [2.24, 2.45) is 0 Å². The minimum Gasteiger partial charge on any atom is -0.357 e. The lowest BCUT2D eigenvalue weighted by molar-refractivity contribution is -0.140. The van der Waals surface area contributed by atoms with E-state index < -0.39 is 34.3 Å². The van der Waals surface area contributed by atoms with Crippen LogP contribution in [-0.4, -0.2) is 44.8 Å². The van der Waals surface area contributed by atoms with Crippen molar-refractivity contribution in [2.75, 3.05) is 17.9 Å². The number of likely N-dealkylation sites (N-methyl/N-ethyl adjacent to an activating group) is 1. The second-order valence-corrected chi connectivity index (χ2v) is 10.2. The van der Waals surface area contributed by atoms with Crippen molar-refractivity contribution in [1.29, 1.82) is 0 Å². The van der Waals surface area contributed by atoms with E-state index in [1.165, 1.54) is 11.9 Å². The molecule has 0 saturated heterocycles. The Balaban J connectivity index is 2.03. The summed E-state index contributed by atoms with van der Waals surface area (Å²) in [5.41, 5.74) is 2.09. The molecule has 0 saturated carbocycles. The van der Waals surface area contributed by atoms with Crippen LogP contribution in [0.15, 0.2) is 83.8 Å². The smallest absolute Gasteiger partial charge is 0.264 e. The Hall–Kier alpha value is -3.72. The number of nitrogens with zero attached hydrogens (tertiary/aromatic N) is 2. The third-order valence-corrected chi connectivity index (χ3v) is 7.58. The van der Waals surface area contributed by atoms with Gasteiger partial charge in [-0.15, -0.1) is 0 Å². The Labute approximate surface area is 211 Å². The Kier molecular flexibility index (Phi) is 8.82. The minimum atomic E-state index is -4.22. The normalized spacial score (nSPS) is 12.0. The lowest BCUT2D eigenvalue weighted by Crippen LogP contribution is -2.51. The second-order valence-electron chi connectivity index (χ2n) is 8.35. The fraction of sp³-hybridized carbons (Fsp3) is 0.259. The van der Waals surface area contributed by atoms with E-state index in [1.54, 1.807) is 37.3 Å². The summed E-state index contributed by atoms with van der Waals surface area (Å²) in [5.74, 6) is -1.45. The Morgan fingerprint density at radius 3 is 2.22 bits per heavy atom. The molecule has 9 heteroatoms. The molecular weight excluding hydrogens is 481 g/mol. The molecule has 7 nitrogen and oxygen atoms in total. The number of carbonyl (C=O) groups is 2. The lowest BCUT2D eigenvalue weighted by Gasteiger charge is -2.33. The molecule has 0 aliphatic rings. The molecule has 3 rings (SSSR count). The highest BCUT2D eigenvalue weighted by atomic mass is 32.2. The number of carbonyl (C=O) groups excluding carboxylic acids is 2. The first kappa shape index (κ1) is 26.9. The summed E-state index contributed by atoms with van der Waals surface area (Å²) >= 11 is 0. The van der Waals surface area contributed by atoms with Gasteiger partial charge in [0.15, 0.2) is 0 Å². The highest BCUT2D eigenvalue weighted by Gasteiger charge is 2.33. The summed E-state index contributed by atoms with van der Waals surface area (Å²) in [6.45, 7) is 3.31. The molecule has 0 aliphatic carbocycles. The van der Waals surface area contributed by atoms with E-state index in [1.807, 2.05) is 31.2 Å². The predicted octanol–water partition coefficient (Wildman–Crippen LogP) is 3.88. The van der Waals surface area contributed by atoms with Crippen LogP contribution in [-0.2, 0) is 26.2 Å². The number of nitrogens with one attached hydrogen (secondary N) is 1. The number of sulfonamides is 1. The maximum Gasteiger partial charge on any atom is 0.264 e. The molecule has 0 unspecified atom stereocenters. The molecule has 0 spiro atoms. The molecule has 3 aromatic rings. The van der Waals surface area contributed by atoms with E-state index in [0.29, 0.717) is 6.42 Å². The largest absolute Gasteiger partial charge is 0.357 e. The van der Waals surface area contributed by atoms with Crippen LogP contribution in [0.2, 0.25) is 0 Å². The molecule has 0 fully saturated rings. The van der Waals surface area contributed by atoms with Crippen LogP contribution in [0.4, 0.5) is 10.1 Å². The number of halogens is 1. The van der Waals surface area contributed by atoms with E-state index in [0.717, 1.165) is 39.7 Å². The zero-order valence-corrected chi connectivity index (χ0v) is 21.3. The van der Waals surface area contributed by atoms with Crippen LogP contribution in [0.3, 0.4) is 0 Å². The SMILES string of the molecule is CC[C@@H](C(=O)NC)N(Cc1cccc(C)c1)C(=O)CN(c1ccccc1)S(=O)(=O)c1ccc(F)cc1. The lowest BCUT2D eigenvalue weighted by atomic mass is 10.1. The summed E-state index contributed by atoms with van der Waals surface area (Å²) in [4.78, 5) is 27.7. The van der Waals surface area contributed by atoms with Gasteiger partial charge in [0.2, 0.25) is 11.8 Å². The van der Waals surface area contributed by atoms with Crippen molar-refractivity contribution in [3.8, 4) is 0 Å². The average molecular weight is 512 g/mol. The summed E-state index contributed by atoms with van der Waals surface area (Å²) in [7, 11) is -2.72. The van der Waals surface area contributed by atoms with Crippen molar-refractivity contribution in [1.82, 2.24) is 10.2 Å². The maximum atomic E-state index is 13.7. The van der Waals surface area contributed by atoms with Gasteiger partial charge in [-0.05, 0) is 55.3 Å². The fourth-order valence-corrected chi connectivity index (χ4v) is 5.36. The second kappa shape index (κ2) is 11.8. The van der Waals surface area contributed by atoms with Crippen molar-refractivity contribution in [3.63, 3.8) is 0 Å². The molecule has 2 amide bonds. The first-order valence-electron chi connectivity index (χ1n) is 11.6.